The van der Waals surface area contributed by atoms with Gasteiger partial charge in [-0.1, -0.05) is 17.3 Å². The summed E-state index contributed by atoms with van der Waals surface area (Å²) in [5.74, 6) is 2.35. The summed E-state index contributed by atoms with van der Waals surface area (Å²) in [7, 11) is 1.73. The largest absolute Gasteiger partial charge is 0.371 e. The van der Waals surface area contributed by atoms with E-state index in [9.17, 15) is 4.79 Å². The lowest BCUT2D eigenvalue weighted by atomic mass is 10.2. The number of imidazole rings is 1. The molecule has 0 bridgehead atoms. The Labute approximate surface area is 173 Å². The molecule has 2 fully saturated rings. The molecule has 0 N–H and O–H groups in total. The molecular formula is C21H21N7O2. The molecule has 4 aromatic rings. The van der Waals surface area contributed by atoms with Gasteiger partial charge in [0.25, 0.3) is 5.56 Å². The van der Waals surface area contributed by atoms with E-state index in [2.05, 4.69) is 56.2 Å². The molecule has 1 saturated carbocycles. The van der Waals surface area contributed by atoms with Crippen LogP contribution >= 0.6 is 0 Å². The molecule has 2 aliphatic rings. The highest BCUT2D eigenvalue weighted by Gasteiger charge is 2.58. The fourth-order valence-electron chi connectivity index (χ4n) is 4.68. The Morgan fingerprint density at radius 1 is 1.27 bits per heavy atom. The fraction of sp³-hybridized carbons (Fsp3) is 0.381. The van der Waals surface area contributed by atoms with E-state index >= 15 is 0 Å². The van der Waals surface area contributed by atoms with Crippen molar-refractivity contribution in [1.29, 1.82) is 0 Å². The highest BCUT2D eigenvalue weighted by atomic mass is 16.5. The number of anilines is 1. The quantitative estimate of drug-likeness (QED) is 0.511. The second-order valence-corrected chi connectivity index (χ2v) is 8.27. The molecule has 9 heteroatoms. The molecule has 0 amide bonds. The van der Waals surface area contributed by atoms with Crippen LogP contribution in [0.4, 0.5) is 5.69 Å². The maximum absolute atomic E-state index is 12.8. The third-order valence-corrected chi connectivity index (χ3v) is 6.28. The molecule has 1 aliphatic heterocycles. The Bertz CT molecular complexity index is 1360. The fourth-order valence-corrected chi connectivity index (χ4v) is 4.68. The normalized spacial score (nSPS) is 23.1. The predicted octanol–water partition coefficient (Wildman–Crippen LogP) is 1.72. The molecule has 30 heavy (non-hydrogen) atoms. The molecule has 1 aromatic carbocycles. The Balaban J connectivity index is 1.19. The minimum absolute atomic E-state index is 0.0241. The van der Waals surface area contributed by atoms with Crippen LogP contribution in [-0.4, -0.2) is 42.3 Å². The SMILES string of the molecule is [2H]c1nc2ncn(C)c2c(=O)n1Cc1nc(C2[C@H]3CN(c4cccc(C)c4)C[C@@H]23)no1. The molecule has 0 spiro atoms. The Morgan fingerprint density at radius 3 is 2.90 bits per heavy atom. The third kappa shape index (κ3) is 2.65. The second kappa shape index (κ2) is 6.25. The number of piperidine rings is 1. The molecule has 1 saturated heterocycles. The zero-order chi connectivity index (χ0) is 21.3. The number of fused-ring (bicyclic) bond motifs is 2. The van der Waals surface area contributed by atoms with E-state index < -0.39 is 0 Å². The van der Waals surface area contributed by atoms with E-state index in [1.54, 1.807) is 11.6 Å². The van der Waals surface area contributed by atoms with Crippen molar-refractivity contribution >= 4 is 16.9 Å². The topological polar surface area (TPSA) is 94.9 Å². The van der Waals surface area contributed by atoms with E-state index in [-0.39, 0.29) is 24.1 Å². The first-order valence-electron chi connectivity index (χ1n) is 10.5. The monoisotopic (exact) mass is 404 g/mol. The smallest absolute Gasteiger partial charge is 0.280 e. The summed E-state index contributed by atoms with van der Waals surface area (Å²) in [6, 6.07) is 8.58. The summed E-state index contributed by atoms with van der Waals surface area (Å²) in [5, 5.41) is 4.18. The second-order valence-electron chi connectivity index (χ2n) is 8.27. The standard InChI is InChI=1S/C21H21N7O2/c1-12-4-3-5-13(6-12)27-7-14-15(8-27)17(14)19-24-16(30-25-19)9-28-11-23-20-18(21(28)29)26(2)10-22-20/h3-6,10-11,14-15,17H,7-9H2,1-2H3/t14-,15+,17?/i11D. The lowest BCUT2D eigenvalue weighted by Crippen LogP contribution is -2.24. The average Bonchev–Trinajstić information content (AvgIpc) is 3.16. The van der Waals surface area contributed by atoms with Gasteiger partial charge < -0.3 is 14.0 Å². The van der Waals surface area contributed by atoms with Crippen molar-refractivity contribution in [2.24, 2.45) is 18.9 Å². The Hall–Kier alpha value is -3.49. The van der Waals surface area contributed by atoms with Crippen LogP contribution in [0.5, 0.6) is 0 Å². The number of benzene rings is 1. The van der Waals surface area contributed by atoms with Crippen LogP contribution in [-0.2, 0) is 13.6 Å². The molecule has 152 valence electrons. The molecule has 3 atom stereocenters. The van der Waals surface area contributed by atoms with Gasteiger partial charge in [0.15, 0.2) is 17.0 Å². The van der Waals surface area contributed by atoms with Gasteiger partial charge in [-0.05, 0) is 36.5 Å². The van der Waals surface area contributed by atoms with Gasteiger partial charge in [-0.3, -0.25) is 9.36 Å². The van der Waals surface area contributed by atoms with Crippen LogP contribution in [0.15, 0.2) is 46.2 Å². The van der Waals surface area contributed by atoms with Crippen LogP contribution in [0.2, 0.25) is 0 Å². The lowest BCUT2D eigenvalue weighted by Gasteiger charge is -2.21. The van der Waals surface area contributed by atoms with Crippen molar-refractivity contribution < 1.29 is 5.89 Å². The van der Waals surface area contributed by atoms with Gasteiger partial charge in [-0.25, -0.2) is 9.97 Å². The molecule has 6 rings (SSSR count). The van der Waals surface area contributed by atoms with Gasteiger partial charge in [0, 0.05) is 31.7 Å². The summed E-state index contributed by atoms with van der Waals surface area (Å²) < 4.78 is 16.3. The van der Waals surface area contributed by atoms with Crippen molar-refractivity contribution in [3.63, 3.8) is 0 Å². The molecule has 3 aromatic heterocycles. The van der Waals surface area contributed by atoms with Crippen LogP contribution in [0.3, 0.4) is 0 Å². The number of hydrogen-bond acceptors (Lipinski definition) is 7. The first-order valence-corrected chi connectivity index (χ1v) is 10.0. The van der Waals surface area contributed by atoms with Crippen LogP contribution < -0.4 is 10.5 Å². The minimum atomic E-state index is -0.341. The third-order valence-electron chi connectivity index (χ3n) is 6.28. The van der Waals surface area contributed by atoms with Gasteiger partial charge >= 0.3 is 0 Å². The highest BCUT2D eigenvalue weighted by molar-refractivity contribution is 5.68. The van der Waals surface area contributed by atoms with Gasteiger partial charge in [0.05, 0.1) is 6.33 Å². The summed E-state index contributed by atoms with van der Waals surface area (Å²) >= 11 is 0. The van der Waals surface area contributed by atoms with E-state index in [4.69, 9.17) is 5.89 Å². The number of rotatable bonds is 4. The minimum Gasteiger partial charge on any atom is -0.371 e. The van der Waals surface area contributed by atoms with Crippen molar-refractivity contribution in [3.8, 4) is 0 Å². The lowest BCUT2D eigenvalue weighted by molar-refractivity contribution is 0.363. The molecule has 4 heterocycles. The van der Waals surface area contributed by atoms with Crippen LogP contribution in [0.1, 0.15) is 24.6 Å². The van der Waals surface area contributed by atoms with Gasteiger partial charge in [-0.15, -0.1) is 0 Å². The first kappa shape index (κ1) is 16.3. The van der Waals surface area contributed by atoms with Gasteiger partial charge in [0.1, 0.15) is 14.2 Å². The zero-order valence-corrected chi connectivity index (χ0v) is 16.7. The Morgan fingerprint density at radius 2 is 2.10 bits per heavy atom. The van der Waals surface area contributed by atoms with Crippen molar-refractivity contribution in [2.45, 2.75) is 19.4 Å². The van der Waals surface area contributed by atoms with E-state index in [1.165, 1.54) is 22.1 Å². The average molecular weight is 404 g/mol. The number of hydrogen-bond donors (Lipinski definition) is 0. The molecular weight excluding hydrogens is 382 g/mol. The summed E-state index contributed by atoms with van der Waals surface area (Å²) in [5.41, 5.74) is 2.81. The van der Waals surface area contributed by atoms with Crippen LogP contribution in [0, 0.1) is 18.8 Å². The van der Waals surface area contributed by atoms with E-state index in [1.807, 2.05) is 0 Å². The van der Waals surface area contributed by atoms with Gasteiger partial charge in [0.2, 0.25) is 5.89 Å². The highest BCUT2D eigenvalue weighted by Crippen LogP contribution is 2.57. The molecule has 1 unspecified atom stereocenters. The summed E-state index contributed by atoms with van der Waals surface area (Å²) in [6.07, 6.45) is 1.34. The predicted molar refractivity (Wildman–Crippen MR) is 109 cm³/mol. The van der Waals surface area contributed by atoms with Crippen molar-refractivity contribution in [2.75, 3.05) is 18.0 Å². The van der Waals surface area contributed by atoms with Crippen molar-refractivity contribution in [3.05, 3.63) is 64.5 Å². The van der Waals surface area contributed by atoms with Gasteiger partial charge in [-0.2, -0.15) is 4.98 Å². The maximum atomic E-state index is 12.8. The molecule has 9 nitrogen and oxygen atoms in total. The summed E-state index contributed by atoms with van der Waals surface area (Å²) in [6.45, 7) is 4.11. The Kier molecular flexibility index (Phi) is 3.40. The zero-order valence-electron chi connectivity index (χ0n) is 17.7. The molecule has 0 radical (unpaired) electrons. The number of nitrogens with zero attached hydrogens (tertiary/aromatic N) is 7. The maximum Gasteiger partial charge on any atom is 0.280 e. The first-order chi connectivity index (χ1) is 15.0. The number of aromatic nitrogens is 6. The van der Waals surface area contributed by atoms with Crippen molar-refractivity contribution in [1.82, 2.24) is 29.2 Å². The summed E-state index contributed by atoms with van der Waals surface area (Å²) in [4.78, 5) is 27.9. The van der Waals surface area contributed by atoms with E-state index in [0.717, 1.165) is 13.1 Å². The molecule has 1 aliphatic carbocycles. The van der Waals surface area contributed by atoms with E-state index in [0.29, 0.717) is 35.0 Å². The van der Waals surface area contributed by atoms with Crippen LogP contribution in [0.25, 0.3) is 11.2 Å². The number of aryl methyl sites for hydroxylation is 2.